The largest absolute Gasteiger partial charge is 0.302 e. The summed E-state index contributed by atoms with van der Waals surface area (Å²) in [5.41, 5.74) is 1.21. The van der Waals surface area contributed by atoms with Crippen LogP contribution < -0.4 is 0 Å². The fourth-order valence-corrected chi connectivity index (χ4v) is 2.48. The number of hydrogen-bond acceptors (Lipinski definition) is 1. The van der Waals surface area contributed by atoms with Crippen molar-refractivity contribution in [3.8, 4) is 0 Å². The lowest BCUT2D eigenvalue weighted by Gasteiger charge is -2.17. The monoisotopic (exact) mass is 287 g/mol. The molecule has 0 saturated heterocycles. The lowest BCUT2D eigenvalue weighted by atomic mass is 10.2. The SMILES string of the molecule is CN(Cc1ccc(Br)cc1Cl)CC1CC1. The Bertz CT molecular complexity index is 349. The van der Waals surface area contributed by atoms with Gasteiger partial charge in [0.1, 0.15) is 0 Å². The van der Waals surface area contributed by atoms with Crippen molar-refractivity contribution in [1.82, 2.24) is 4.90 Å². The molecule has 0 N–H and O–H groups in total. The van der Waals surface area contributed by atoms with E-state index in [0.717, 1.165) is 22.0 Å². The number of halogens is 2. The van der Waals surface area contributed by atoms with Crippen LogP contribution in [-0.4, -0.2) is 18.5 Å². The van der Waals surface area contributed by atoms with Gasteiger partial charge in [0.05, 0.1) is 0 Å². The van der Waals surface area contributed by atoms with E-state index < -0.39 is 0 Å². The Labute approximate surface area is 105 Å². The molecule has 3 heteroatoms. The van der Waals surface area contributed by atoms with Crippen molar-refractivity contribution >= 4 is 27.5 Å². The molecule has 1 aromatic rings. The minimum absolute atomic E-state index is 0.854. The first-order chi connectivity index (χ1) is 7.15. The van der Waals surface area contributed by atoms with Gasteiger partial charge in [-0.15, -0.1) is 0 Å². The van der Waals surface area contributed by atoms with Crippen molar-refractivity contribution in [2.75, 3.05) is 13.6 Å². The zero-order valence-electron chi connectivity index (χ0n) is 8.84. The zero-order valence-corrected chi connectivity index (χ0v) is 11.2. The molecule has 0 aromatic heterocycles. The van der Waals surface area contributed by atoms with E-state index in [1.807, 2.05) is 12.1 Å². The van der Waals surface area contributed by atoms with Gasteiger partial charge in [-0.1, -0.05) is 33.6 Å². The second-order valence-corrected chi connectivity index (χ2v) is 5.70. The van der Waals surface area contributed by atoms with E-state index in [2.05, 4.69) is 33.9 Å². The third-order valence-electron chi connectivity index (χ3n) is 2.72. The first-order valence-electron chi connectivity index (χ1n) is 5.27. The molecule has 0 bridgehead atoms. The van der Waals surface area contributed by atoms with Crippen LogP contribution in [0.2, 0.25) is 5.02 Å². The molecule has 0 unspecified atom stereocenters. The second kappa shape index (κ2) is 4.86. The summed E-state index contributed by atoms with van der Waals surface area (Å²) in [4.78, 5) is 2.35. The van der Waals surface area contributed by atoms with Crippen LogP contribution in [0.15, 0.2) is 22.7 Å². The van der Waals surface area contributed by atoms with E-state index in [0.29, 0.717) is 0 Å². The van der Waals surface area contributed by atoms with Crippen LogP contribution in [-0.2, 0) is 6.54 Å². The van der Waals surface area contributed by atoms with Gasteiger partial charge in [-0.3, -0.25) is 0 Å². The number of hydrogen-bond donors (Lipinski definition) is 0. The van der Waals surface area contributed by atoms with E-state index in [1.165, 1.54) is 24.9 Å². The van der Waals surface area contributed by atoms with Crippen molar-refractivity contribution in [2.24, 2.45) is 5.92 Å². The van der Waals surface area contributed by atoms with E-state index in [1.54, 1.807) is 0 Å². The molecule has 0 heterocycles. The van der Waals surface area contributed by atoms with Crippen LogP contribution in [0.1, 0.15) is 18.4 Å². The van der Waals surface area contributed by atoms with Gasteiger partial charge in [0.15, 0.2) is 0 Å². The summed E-state index contributed by atoms with van der Waals surface area (Å²) in [6, 6.07) is 6.10. The molecule has 0 atom stereocenters. The molecule has 0 radical (unpaired) electrons. The molecule has 15 heavy (non-hydrogen) atoms. The van der Waals surface area contributed by atoms with E-state index in [9.17, 15) is 0 Å². The number of benzene rings is 1. The minimum Gasteiger partial charge on any atom is -0.302 e. The van der Waals surface area contributed by atoms with Crippen molar-refractivity contribution in [2.45, 2.75) is 19.4 Å². The van der Waals surface area contributed by atoms with Gasteiger partial charge in [-0.2, -0.15) is 0 Å². The summed E-state index contributed by atoms with van der Waals surface area (Å²) < 4.78 is 1.04. The number of nitrogens with zero attached hydrogens (tertiary/aromatic N) is 1. The van der Waals surface area contributed by atoms with Crippen LogP contribution in [0, 0.1) is 5.92 Å². The quantitative estimate of drug-likeness (QED) is 0.811. The fourth-order valence-electron chi connectivity index (χ4n) is 1.75. The molecule has 0 aliphatic heterocycles. The van der Waals surface area contributed by atoms with Gasteiger partial charge in [0.2, 0.25) is 0 Å². The maximum atomic E-state index is 6.17. The highest BCUT2D eigenvalue weighted by Crippen LogP contribution is 2.30. The predicted octanol–water partition coefficient (Wildman–Crippen LogP) is 3.94. The Balaban J connectivity index is 1.96. The summed E-state index contributed by atoms with van der Waals surface area (Å²) in [5, 5.41) is 0.854. The normalized spacial score (nSPS) is 16.0. The molecule has 82 valence electrons. The Morgan fingerprint density at radius 1 is 1.47 bits per heavy atom. The maximum Gasteiger partial charge on any atom is 0.0462 e. The van der Waals surface area contributed by atoms with E-state index in [-0.39, 0.29) is 0 Å². The summed E-state index contributed by atoms with van der Waals surface area (Å²) in [6.45, 7) is 2.15. The van der Waals surface area contributed by atoms with Crippen LogP contribution in [0.5, 0.6) is 0 Å². The molecular formula is C12H15BrClN. The van der Waals surface area contributed by atoms with Crippen LogP contribution in [0.3, 0.4) is 0 Å². The van der Waals surface area contributed by atoms with E-state index in [4.69, 9.17) is 11.6 Å². The highest BCUT2D eigenvalue weighted by Gasteiger charge is 2.22. The summed E-state index contributed by atoms with van der Waals surface area (Å²) in [7, 11) is 2.16. The lowest BCUT2D eigenvalue weighted by molar-refractivity contribution is 0.313. The molecular weight excluding hydrogens is 273 g/mol. The topological polar surface area (TPSA) is 3.24 Å². The van der Waals surface area contributed by atoms with Crippen molar-refractivity contribution < 1.29 is 0 Å². The number of rotatable bonds is 4. The molecule has 1 saturated carbocycles. The minimum atomic E-state index is 0.854. The summed E-state index contributed by atoms with van der Waals surface area (Å²) in [5.74, 6) is 0.934. The molecule has 1 aromatic carbocycles. The van der Waals surface area contributed by atoms with Gasteiger partial charge in [0.25, 0.3) is 0 Å². The first-order valence-corrected chi connectivity index (χ1v) is 6.44. The van der Waals surface area contributed by atoms with Gasteiger partial charge in [-0.05, 0) is 43.5 Å². The second-order valence-electron chi connectivity index (χ2n) is 4.38. The molecule has 1 fully saturated rings. The van der Waals surface area contributed by atoms with E-state index >= 15 is 0 Å². The zero-order chi connectivity index (χ0) is 10.8. The summed E-state index contributed by atoms with van der Waals surface area (Å²) in [6.07, 6.45) is 2.80. The van der Waals surface area contributed by atoms with Gasteiger partial charge in [-0.25, -0.2) is 0 Å². The molecule has 0 amide bonds. The van der Waals surface area contributed by atoms with Crippen molar-refractivity contribution in [1.29, 1.82) is 0 Å². The highest BCUT2D eigenvalue weighted by molar-refractivity contribution is 9.10. The molecule has 1 aliphatic carbocycles. The van der Waals surface area contributed by atoms with Crippen molar-refractivity contribution in [3.05, 3.63) is 33.3 Å². The smallest absolute Gasteiger partial charge is 0.0462 e. The highest BCUT2D eigenvalue weighted by atomic mass is 79.9. The van der Waals surface area contributed by atoms with Gasteiger partial charge >= 0.3 is 0 Å². The first kappa shape index (κ1) is 11.4. The Morgan fingerprint density at radius 3 is 2.80 bits per heavy atom. The Hall–Kier alpha value is -0.0500. The van der Waals surface area contributed by atoms with Crippen LogP contribution >= 0.6 is 27.5 Å². The lowest BCUT2D eigenvalue weighted by Crippen LogP contribution is -2.20. The predicted molar refractivity (Wildman–Crippen MR) is 68.2 cm³/mol. The maximum absolute atomic E-state index is 6.17. The summed E-state index contributed by atoms with van der Waals surface area (Å²) >= 11 is 9.58. The molecule has 1 aliphatic rings. The molecule has 1 nitrogen and oxygen atoms in total. The third-order valence-corrected chi connectivity index (χ3v) is 3.57. The molecule has 2 rings (SSSR count). The fraction of sp³-hybridized carbons (Fsp3) is 0.500. The Kier molecular flexibility index (Phi) is 3.70. The third kappa shape index (κ3) is 3.47. The Morgan fingerprint density at radius 2 is 2.20 bits per heavy atom. The van der Waals surface area contributed by atoms with Gasteiger partial charge < -0.3 is 4.90 Å². The average molecular weight is 289 g/mol. The molecule has 0 spiro atoms. The van der Waals surface area contributed by atoms with Gasteiger partial charge in [0, 0.05) is 22.6 Å². The van der Waals surface area contributed by atoms with Crippen molar-refractivity contribution in [3.63, 3.8) is 0 Å². The van der Waals surface area contributed by atoms with Crippen LogP contribution in [0.25, 0.3) is 0 Å². The average Bonchev–Trinajstić information content (AvgIpc) is 2.94. The van der Waals surface area contributed by atoms with Crippen LogP contribution in [0.4, 0.5) is 0 Å². The standard InChI is InChI=1S/C12H15BrClN/c1-15(7-9-2-3-9)8-10-4-5-11(13)6-12(10)14/h4-6,9H,2-3,7-8H2,1H3.